The van der Waals surface area contributed by atoms with Crippen molar-refractivity contribution in [1.29, 1.82) is 0 Å². The van der Waals surface area contributed by atoms with E-state index in [0.29, 0.717) is 6.07 Å². The Bertz CT molecular complexity index is 942. The van der Waals surface area contributed by atoms with Crippen LogP contribution >= 0.6 is 0 Å². The Balaban J connectivity index is 1.99. The van der Waals surface area contributed by atoms with Crippen molar-refractivity contribution in [1.82, 2.24) is 10.3 Å². The van der Waals surface area contributed by atoms with Crippen LogP contribution in [-0.4, -0.2) is 29.9 Å². The standard InChI is InChI=1S/C21H23F2N3O3/c1-12(27)26(15-10-13(22)9-14(23)11-15)18-6-5-16(29-4)19(25-18)20(28)24-17-7-8-21(17,2)3/h5-6,9-11,17H,7-8H2,1-4H3,(H,24,28). The highest BCUT2D eigenvalue weighted by Crippen LogP contribution is 2.40. The van der Waals surface area contributed by atoms with Crippen LogP contribution in [0.2, 0.25) is 0 Å². The van der Waals surface area contributed by atoms with Crippen molar-refractivity contribution >= 4 is 23.3 Å². The van der Waals surface area contributed by atoms with E-state index >= 15 is 0 Å². The number of aromatic nitrogens is 1. The summed E-state index contributed by atoms with van der Waals surface area (Å²) in [4.78, 5) is 30.4. The number of nitrogens with one attached hydrogen (secondary N) is 1. The molecule has 1 atom stereocenters. The summed E-state index contributed by atoms with van der Waals surface area (Å²) in [5, 5.41) is 2.95. The Morgan fingerprint density at radius 2 is 1.86 bits per heavy atom. The zero-order valence-electron chi connectivity index (χ0n) is 16.8. The van der Waals surface area contributed by atoms with E-state index in [2.05, 4.69) is 24.1 Å². The molecule has 0 radical (unpaired) electrons. The fourth-order valence-electron chi connectivity index (χ4n) is 3.39. The second-order valence-corrected chi connectivity index (χ2v) is 7.76. The molecular formula is C21H23F2N3O3. The molecule has 1 unspecified atom stereocenters. The normalized spacial score (nSPS) is 17.2. The maximum Gasteiger partial charge on any atom is 0.274 e. The van der Waals surface area contributed by atoms with Crippen molar-refractivity contribution in [3.05, 3.63) is 47.7 Å². The van der Waals surface area contributed by atoms with Crippen molar-refractivity contribution < 1.29 is 23.1 Å². The summed E-state index contributed by atoms with van der Waals surface area (Å²) in [5.74, 6) is -2.32. The quantitative estimate of drug-likeness (QED) is 0.820. The Morgan fingerprint density at radius 1 is 1.21 bits per heavy atom. The molecule has 0 saturated heterocycles. The summed E-state index contributed by atoms with van der Waals surface area (Å²) in [6, 6.07) is 5.70. The van der Waals surface area contributed by atoms with Crippen molar-refractivity contribution in [3.8, 4) is 5.75 Å². The molecule has 8 heteroatoms. The number of hydrogen-bond acceptors (Lipinski definition) is 4. The second kappa shape index (κ2) is 7.77. The number of ether oxygens (including phenoxy) is 1. The molecule has 2 aromatic rings. The number of carbonyl (C=O) groups excluding carboxylic acids is 2. The lowest BCUT2D eigenvalue weighted by Crippen LogP contribution is -2.52. The number of hydrogen-bond donors (Lipinski definition) is 1. The molecule has 1 aliphatic rings. The van der Waals surface area contributed by atoms with Crippen LogP contribution in [0.4, 0.5) is 20.3 Å². The minimum atomic E-state index is -0.829. The van der Waals surface area contributed by atoms with E-state index in [4.69, 9.17) is 4.74 Å². The van der Waals surface area contributed by atoms with Gasteiger partial charge in [0.1, 0.15) is 23.2 Å². The number of benzene rings is 1. The van der Waals surface area contributed by atoms with Crippen molar-refractivity contribution in [3.63, 3.8) is 0 Å². The second-order valence-electron chi connectivity index (χ2n) is 7.76. The van der Waals surface area contributed by atoms with Crippen LogP contribution in [0.15, 0.2) is 30.3 Å². The Morgan fingerprint density at radius 3 is 2.34 bits per heavy atom. The first-order valence-corrected chi connectivity index (χ1v) is 9.25. The van der Waals surface area contributed by atoms with Crippen LogP contribution in [0.25, 0.3) is 0 Å². The van der Waals surface area contributed by atoms with Gasteiger partial charge in [0, 0.05) is 19.0 Å². The molecule has 1 heterocycles. The summed E-state index contributed by atoms with van der Waals surface area (Å²) < 4.78 is 32.6. The van der Waals surface area contributed by atoms with Crippen molar-refractivity contribution in [2.75, 3.05) is 12.0 Å². The van der Waals surface area contributed by atoms with Crippen molar-refractivity contribution in [2.24, 2.45) is 5.41 Å². The van der Waals surface area contributed by atoms with Crippen LogP contribution in [0.1, 0.15) is 44.1 Å². The van der Waals surface area contributed by atoms with E-state index in [1.165, 1.54) is 26.2 Å². The average Bonchev–Trinajstić information content (AvgIpc) is 2.64. The lowest BCUT2D eigenvalue weighted by atomic mass is 9.67. The third-order valence-electron chi connectivity index (χ3n) is 5.25. The van der Waals surface area contributed by atoms with Gasteiger partial charge in [0.15, 0.2) is 5.69 Å². The molecule has 1 aromatic carbocycles. The summed E-state index contributed by atoms with van der Waals surface area (Å²) in [5.41, 5.74) is -0.0413. The average molecular weight is 403 g/mol. The molecular weight excluding hydrogens is 380 g/mol. The van der Waals surface area contributed by atoms with E-state index in [1.54, 1.807) is 0 Å². The van der Waals surface area contributed by atoms with Crippen molar-refractivity contribution in [2.45, 2.75) is 39.7 Å². The lowest BCUT2D eigenvalue weighted by molar-refractivity contribution is -0.115. The first-order chi connectivity index (χ1) is 13.6. The third-order valence-corrected chi connectivity index (χ3v) is 5.25. The smallest absolute Gasteiger partial charge is 0.274 e. The number of anilines is 2. The topological polar surface area (TPSA) is 71.5 Å². The summed E-state index contributed by atoms with van der Waals surface area (Å²) in [7, 11) is 1.41. The lowest BCUT2D eigenvalue weighted by Gasteiger charge is -2.44. The molecule has 3 rings (SSSR count). The monoisotopic (exact) mass is 403 g/mol. The van der Waals surface area contributed by atoms with Crippen LogP contribution in [0, 0.1) is 17.0 Å². The molecule has 2 amide bonds. The Hall–Kier alpha value is -3.03. The third kappa shape index (κ3) is 4.21. The molecule has 0 bridgehead atoms. The number of methoxy groups -OCH3 is 1. The zero-order valence-corrected chi connectivity index (χ0v) is 16.8. The fraction of sp³-hybridized carbons (Fsp3) is 0.381. The van der Waals surface area contributed by atoms with Gasteiger partial charge in [0.2, 0.25) is 5.91 Å². The predicted octanol–water partition coefficient (Wildman–Crippen LogP) is 3.97. The highest BCUT2D eigenvalue weighted by Gasteiger charge is 2.40. The number of pyridine rings is 1. The van der Waals surface area contributed by atoms with Gasteiger partial charge in [0.25, 0.3) is 5.91 Å². The van der Waals surface area contributed by atoms with Gasteiger partial charge in [0.05, 0.1) is 12.8 Å². The Kier molecular flexibility index (Phi) is 5.55. The van der Waals surface area contributed by atoms with E-state index in [1.807, 2.05) is 0 Å². The molecule has 1 aromatic heterocycles. The highest BCUT2D eigenvalue weighted by molar-refractivity contribution is 6.00. The molecule has 29 heavy (non-hydrogen) atoms. The molecule has 1 saturated carbocycles. The van der Waals surface area contributed by atoms with Crippen LogP contribution < -0.4 is 15.0 Å². The molecule has 0 spiro atoms. The fourth-order valence-corrected chi connectivity index (χ4v) is 3.39. The molecule has 1 aliphatic carbocycles. The SMILES string of the molecule is COc1ccc(N(C(C)=O)c2cc(F)cc(F)c2)nc1C(=O)NC1CCC1(C)C. The minimum absolute atomic E-state index is 0.00387. The number of nitrogens with zero attached hydrogens (tertiary/aromatic N) is 2. The van der Waals surface area contributed by atoms with Crippen LogP contribution in [0.3, 0.4) is 0 Å². The van der Waals surface area contributed by atoms with Gasteiger partial charge in [-0.15, -0.1) is 0 Å². The number of rotatable bonds is 5. The summed E-state index contributed by atoms with van der Waals surface area (Å²) in [6.07, 6.45) is 1.87. The highest BCUT2D eigenvalue weighted by atomic mass is 19.1. The Labute approximate surface area is 167 Å². The molecule has 1 fully saturated rings. The van der Waals surface area contributed by atoms with E-state index < -0.39 is 23.4 Å². The number of carbonyl (C=O) groups is 2. The zero-order chi connectivity index (χ0) is 21.3. The maximum absolute atomic E-state index is 13.7. The van der Waals surface area contributed by atoms with E-state index in [-0.39, 0.29) is 34.4 Å². The van der Waals surface area contributed by atoms with Gasteiger partial charge >= 0.3 is 0 Å². The maximum atomic E-state index is 13.7. The molecule has 1 N–H and O–H groups in total. The van der Waals surface area contributed by atoms with Gasteiger partial charge in [-0.3, -0.25) is 14.5 Å². The van der Waals surface area contributed by atoms with Gasteiger partial charge in [-0.05, 0) is 42.5 Å². The first kappa shape index (κ1) is 20.7. The molecule has 6 nitrogen and oxygen atoms in total. The first-order valence-electron chi connectivity index (χ1n) is 9.25. The van der Waals surface area contributed by atoms with Gasteiger partial charge in [-0.2, -0.15) is 0 Å². The summed E-state index contributed by atoms with van der Waals surface area (Å²) >= 11 is 0. The minimum Gasteiger partial charge on any atom is -0.494 e. The largest absolute Gasteiger partial charge is 0.494 e. The summed E-state index contributed by atoms with van der Waals surface area (Å²) in [6.45, 7) is 5.38. The number of amides is 2. The van der Waals surface area contributed by atoms with Crippen LogP contribution in [0.5, 0.6) is 5.75 Å². The van der Waals surface area contributed by atoms with Gasteiger partial charge in [-0.1, -0.05) is 13.8 Å². The van der Waals surface area contributed by atoms with E-state index in [9.17, 15) is 18.4 Å². The molecule has 0 aliphatic heterocycles. The van der Waals surface area contributed by atoms with Crippen LogP contribution in [-0.2, 0) is 4.79 Å². The van der Waals surface area contributed by atoms with Gasteiger partial charge in [-0.25, -0.2) is 13.8 Å². The van der Waals surface area contributed by atoms with E-state index in [0.717, 1.165) is 29.9 Å². The van der Waals surface area contributed by atoms with Gasteiger partial charge < -0.3 is 10.1 Å². The number of halogens is 2. The molecule has 154 valence electrons. The predicted molar refractivity (Wildman–Crippen MR) is 104 cm³/mol.